The van der Waals surface area contributed by atoms with E-state index < -0.39 is 0 Å². The first kappa shape index (κ1) is 11.1. The van der Waals surface area contributed by atoms with Gasteiger partial charge >= 0.3 is 0 Å². The van der Waals surface area contributed by atoms with Crippen LogP contribution >= 0.6 is 15.9 Å². The minimum Gasteiger partial charge on any atom is -0.296 e. The molecule has 15 heavy (non-hydrogen) atoms. The third kappa shape index (κ3) is 3.28. The molecule has 1 heterocycles. The molecule has 0 unspecified atom stereocenters. The van der Waals surface area contributed by atoms with Crippen LogP contribution in [0.15, 0.2) is 22.9 Å². The van der Waals surface area contributed by atoms with Crippen LogP contribution in [-0.4, -0.2) is 22.5 Å². The average Bonchev–Trinajstić information content (AvgIpc) is 3.00. The highest BCUT2D eigenvalue weighted by atomic mass is 79.9. The minimum atomic E-state index is 0.837. The molecule has 82 valence electrons. The number of rotatable bonds is 5. The molecule has 0 N–H and O–H groups in total. The van der Waals surface area contributed by atoms with Gasteiger partial charge in [0.15, 0.2) is 0 Å². The molecule has 0 amide bonds. The SMILES string of the molecule is CCCN(Cc1cncc(Br)c1)C1CC1. The van der Waals surface area contributed by atoms with Crippen molar-refractivity contribution in [1.82, 2.24) is 9.88 Å². The monoisotopic (exact) mass is 268 g/mol. The molecule has 0 spiro atoms. The van der Waals surface area contributed by atoms with E-state index in [9.17, 15) is 0 Å². The number of aromatic nitrogens is 1. The molecule has 0 saturated heterocycles. The van der Waals surface area contributed by atoms with Gasteiger partial charge < -0.3 is 0 Å². The van der Waals surface area contributed by atoms with Crippen LogP contribution in [0.2, 0.25) is 0 Å². The largest absolute Gasteiger partial charge is 0.296 e. The van der Waals surface area contributed by atoms with E-state index in [0.29, 0.717) is 0 Å². The number of hydrogen-bond donors (Lipinski definition) is 0. The molecule has 0 atom stereocenters. The van der Waals surface area contributed by atoms with Gasteiger partial charge in [0.2, 0.25) is 0 Å². The van der Waals surface area contributed by atoms with Gasteiger partial charge in [-0.3, -0.25) is 9.88 Å². The lowest BCUT2D eigenvalue weighted by Crippen LogP contribution is -2.26. The topological polar surface area (TPSA) is 16.1 Å². The lowest BCUT2D eigenvalue weighted by atomic mass is 10.2. The zero-order valence-electron chi connectivity index (χ0n) is 9.12. The van der Waals surface area contributed by atoms with Crippen molar-refractivity contribution in [3.63, 3.8) is 0 Å². The smallest absolute Gasteiger partial charge is 0.0410 e. The predicted molar refractivity (Wildman–Crippen MR) is 65.7 cm³/mol. The molecule has 1 aromatic heterocycles. The quantitative estimate of drug-likeness (QED) is 0.816. The Labute approximate surface area is 99.8 Å². The molecule has 0 bridgehead atoms. The van der Waals surface area contributed by atoms with Crippen molar-refractivity contribution >= 4 is 15.9 Å². The Morgan fingerprint density at radius 3 is 2.87 bits per heavy atom. The van der Waals surface area contributed by atoms with Crippen LogP contribution in [0.4, 0.5) is 0 Å². The van der Waals surface area contributed by atoms with Crippen molar-refractivity contribution in [2.24, 2.45) is 0 Å². The molecule has 1 aromatic rings. The van der Waals surface area contributed by atoms with Gasteiger partial charge in [-0.1, -0.05) is 6.92 Å². The van der Waals surface area contributed by atoms with E-state index >= 15 is 0 Å². The molecule has 1 fully saturated rings. The normalized spacial score (nSPS) is 15.9. The van der Waals surface area contributed by atoms with Crippen LogP contribution in [0.1, 0.15) is 31.7 Å². The summed E-state index contributed by atoms with van der Waals surface area (Å²) in [6, 6.07) is 3.00. The Morgan fingerprint density at radius 2 is 2.27 bits per heavy atom. The van der Waals surface area contributed by atoms with E-state index in [-0.39, 0.29) is 0 Å². The van der Waals surface area contributed by atoms with E-state index in [1.165, 1.54) is 31.4 Å². The van der Waals surface area contributed by atoms with Gasteiger partial charge in [-0.2, -0.15) is 0 Å². The first-order valence-electron chi connectivity index (χ1n) is 5.63. The van der Waals surface area contributed by atoms with Gasteiger partial charge in [0.25, 0.3) is 0 Å². The van der Waals surface area contributed by atoms with Crippen LogP contribution < -0.4 is 0 Å². The summed E-state index contributed by atoms with van der Waals surface area (Å²) in [5, 5.41) is 0. The summed E-state index contributed by atoms with van der Waals surface area (Å²) in [5.74, 6) is 0. The maximum absolute atomic E-state index is 4.20. The lowest BCUT2D eigenvalue weighted by Gasteiger charge is -2.21. The van der Waals surface area contributed by atoms with Crippen LogP contribution in [0.5, 0.6) is 0 Å². The molecule has 1 aliphatic carbocycles. The fourth-order valence-corrected chi connectivity index (χ4v) is 2.31. The Morgan fingerprint density at radius 1 is 1.47 bits per heavy atom. The van der Waals surface area contributed by atoms with Crippen molar-refractivity contribution in [2.45, 2.75) is 38.8 Å². The Kier molecular flexibility index (Phi) is 3.76. The molecular weight excluding hydrogens is 252 g/mol. The second-order valence-corrected chi connectivity index (χ2v) is 5.13. The molecule has 0 aromatic carbocycles. The van der Waals surface area contributed by atoms with E-state index in [1.54, 1.807) is 0 Å². The van der Waals surface area contributed by atoms with Crippen molar-refractivity contribution in [1.29, 1.82) is 0 Å². The summed E-state index contributed by atoms with van der Waals surface area (Å²) in [5.41, 5.74) is 1.31. The zero-order valence-corrected chi connectivity index (χ0v) is 10.7. The summed E-state index contributed by atoms with van der Waals surface area (Å²) in [6.45, 7) is 4.50. The van der Waals surface area contributed by atoms with Crippen molar-refractivity contribution in [3.05, 3.63) is 28.5 Å². The first-order chi connectivity index (χ1) is 7.29. The third-order valence-electron chi connectivity index (χ3n) is 2.72. The van der Waals surface area contributed by atoms with Crippen LogP contribution in [-0.2, 0) is 6.54 Å². The third-order valence-corrected chi connectivity index (χ3v) is 3.15. The van der Waals surface area contributed by atoms with Gasteiger partial charge in [0.1, 0.15) is 0 Å². The molecule has 3 heteroatoms. The molecule has 2 nitrogen and oxygen atoms in total. The average molecular weight is 269 g/mol. The summed E-state index contributed by atoms with van der Waals surface area (Å²) in [4.78, 5) is 6.78. The molecule has 0 aliphatic heterocycles. The van der Waals surface area contributed by atoms with Crippen LogP contribution in [0.3, 0.4) is 0 Å². The van der Waals surface area contributed by atoms with Crippen LogP contribution in [0.25, 0.3) is 0 Å². The summed E-state index contributed by atoms with van der Waals surface area (Å²) >= 11 is 3.46. The van der Waals surface area contributed by atoms with E-state index in [1.807, 2.05) is 12.4 Å². The standard InChI is InChI=1S/C12H17BrN2/c1-2-5-15(12-3-4-12)9-10-6-11(13)8-14-7-10/h6-8,12H,2-5,9H2,1H3. The maximum Gasteiger partial charge on any atom is 0.0410 e. The van der Waals surface area contributed by atoms with Gasteiger partial charge in [-0.15, -0.1) is 0 Å². The number of pyridine rings is 1. The summed E-state index contributed by atoms with van der Waals surface area (Å²) < 4.78 is 1.08. The minimum absolute atomic E-state index is 0.837. The van der Waals surface area contributed by atoms with Gasteiger partial charge in [-0.25, -0.2) is 0 Å². The predicted octanol–water partition coefficient (Wildman–Crippen LogP) is 3.22. The Bertz CT molecular complexity index is 323. The van der Waals surface area contributed by atoms with E-state index in [4.69, 9.17) is 0 Å². The zero-order chi connectivity index (χ0) is 10.7. The summed E-state index contributed by atoms with van der Waals surface area (Å²) in [6.07, 6.45) is 7.79. The van der Waals surface area contributed by atoms with Crippen molar-refractivity contribution in [2.75, 3.05) is 6.54 Å². The van der Waals surface area contributed by atoms with Crippen molar-refractivity contribution in [3.8, 4) is 0 Å². The Hall–Kier alpha value is -0.410. The molecule has 1 aliphatic rings. The number of hydrogen-bond acceptors (Lipinski definition) is 2. The maximum atomic E-state index is 4.20. The second kappa shape index (κ2) is 5.08. The highest BCUT2D eigenvalue weighted by Crippen LogP contribution is 2.28. The fraction of sp³-hybridized carbons (Fsp3) is 0.583. The number of halogens is 1. The summed E-state index contributed by atoms with van der Waals surface area (Å²) in [7, 11) is 0. The first-order valence-corrected chi connectivity index (χ1v) is 6.42. The van der Waals surface area contributed by atoms with Crippen molar-refractivity contribution < 1.29 is 0 Å². The molecule has 2 rings (SSSR count). The highest BCUT2D eigenvalue weighted by molar-refractivity contribution is 9.10. The molecule has 1 saturated carbocycles. The molecular formula is C12H17BrN2. The molecule has 0 radical (unpaired) electrons. The van der Waals surface area contributed by atoms with E-state index in [2.05, 4.69) is 38.8 Å². The van der Waals surface area contributed by atoms with Gasteiger partial charge in [-0.05, 0) is 53.4 Å². The van der Waals surface area contributed by atoms with Crippen LogP contribution in [0, 0.1) is 0 Å². The Balaban J connectivity index is 1.98. The van der Waals surface area contributed by atoms with Gasteiger partial charge in [0, 0.05) is 29.5 Å². The van der Waals surface area contributed by atoms with E-state index in [0.717, 1.165) is 17.1 Å². The lowest BCUT2D eigenvalue weighted by molar-refractivity contribution is 0.255. The second-order valence-electron chi connectivity index (χ2n) is 4.21. The fourth-order valence-electron chi connectivity index (χ4n) is 1.89. The highest BCUT2D eigenvalue weighted by Gasteiger charge is 2.28. The number of nitrogens with zero attached hydrogens (tertiary/aromatic N) is 2. The van der Waals surface area contributed by atoms with Gasteiger partial charge in [0.05, 0.1) is 0 Å².